The molecule has 2 heterocycles. The van der Waals surface area contributed by atoms with Crippen molar-refractivity contribution in [3.8, 4) is 0 Å². The van der Waals surface area contributed by atoms with E-state index in [4.69, 9.17) is 0 Å². The smallest absolute Gasteiger partial charge is 0.268 e. The summed E-state index contributed by atoms with van der Waals surface area (Å²) in [4.78, 5) is 16.3. The first kappa shape index (κ1) is 14.0. The topological polar surface area (TPSA) is 52.7 Å². The Bertz CT molecular complexity index is 645. The van der Waals surface area contributed by atoms with Gasteiger partial charge in [-0.1, -0.05) is 6.92 Å². The van der Waals surface area contributed by atoms with Crippen molar-refractivity contribution in [2.24, 2.45) is 0 Å². The molecule has 0 aliphatic rings. The molecule has 0 aliphatic heterocycles. The predicted octanol–water partition coefficient (Wildman–Crippen LogP) is 2.14. The first-order valence-corrected chi connectivity index (χ1v) is 7.13. The average Bonchev–Trinajstić information content (AvgIpc) is 2.82. The summed E-state index contributed by atoms with van der Waals surface area (Å²) in [7, 11) is 0. The van der Waals surface area contributed by atoms with Crippen molar-refractivity contribution in [3.05, 3.63) is 44.3 Å². The molecule has 2 aromatic rings. The molecular formula is C13H17BrN4O. The zero-order valence-corrected chi connectivity index (χ0v) is 12.9. The highest BCUT2D eigenvalue weighted by Gasteiger charge is 2.10. The molecule has 19 heavy (non-hydrogen) atoms. The minimum atomic E-state index is -0.0607. The summed E-state index contributed by atoms with van der Waals surface area (Å²) in [6.07, 6.45) is 2.48. The maximum Gasteiger partial charge on any atom is 0.268 e. The van der Waals surface area contributed by atoms with Crippen molar-refractivity contribution in [2.75, 3.05) is 0 Å². The Kier molecular flexibility index (Phi) is 4.19. The van der Waals surface area contributed by atoms with Crippen LogP contribution in [0.1, 0.15) is 30.9 Å². The van der Waals surface area contributed by atoms with Crippen molar-refractivity contribution in [1.29, 1.82) is 0 Å². The van der Waals surface area contributed by atoms with Gasteiger partial charge in [-0.25, -0.2) is 4.98 Å². The van der Waals surface area contributed by atoms with E-state index in [2.05, 4.69) is 32.9 Å². The van der Waals surface area contributed by atoms with Crippen LogP contribution in [0.5, 0.6) is 0 Å². The molecule has 0 radical (unpaired) electrons. The fraction of sp³-hybridized carbons (Fsp3) is 0.462. The van der Waals surface area contributed by atoms with Crippen LogP contribution in [0.15, 0.2) is 21.7 Å². The van der Waals surface area contributed by atoms with Gasteiger partial charge >= 0.3 is 0 Å². The van der Waals surface area contributed by atoms with Gasteiger partial charge in [0.1, 0.15) is 4.47 Å². The van der Waals surface area contributed by atoms with Crippen molar-refractivity contribution in [2.45, 2.75) is 40.3 Å². The molecule has 0 saturated heterocycles. The zero-order chi connectivity index (χ0) is 14.0. The van der Waals surface area contributed by atoms with Gasteiger partial charge in [0.2, 0.25) is 0 Å². The second-order valence-electron chi connectivity index (χ2n) is 4.37. The van der Waals surface area contributed by atoms with Crippen molar-refractivity contribution in [3.63, 3.8) is 0 Å². The Morgan fingerprint density at radius 2 is 2.11 bits per heavy atom. The average molecular weight is 325 g/mol. The summed E-state index contributed by atoms with van der Waals surface area (Å²) < 4.78 is 4.05. The van der Waals surface area contributed by atoms with E-state index >= 15 is 0 Å². The van der Waals surface area contributed by atoms with Gasteiger partial charge in [-0.05, 0) is 42.3 Å². The van der Waals surface area contributed by atoms with Gasteiger partial charge in [-0.15, -0.1) is 0 Å². The normalized spacial score (nSPS) is 10.9. The molecule has 0 spiro atoms. The largest absolute Gasteiger partial charge is 0.292 e. The highest BCUT2D eigenvalue weighted by Crippen LogP contribution is 2.09. The number of aromatic nitrogens is 4. The van der Waals surface area contributed by atoms with E-state index in [0.717, 1.165) is 24.4 Å². The van der Waals surface area contributed by atoms with Crippen LogP contribution in [0.2, 0.25) is 0 Å². The Labute approximate surface area is 120 Å². The quantitative estimate of drug-likeness (QED) is 0.865. The lowest BCUT2D eigenvalue weighted by Crippen LogP contribution is -2.23. The number of aryl methyl sites for hydroxylation is 3. The third-order valence-electron chi connectivity index (χ3n) is 3.07. The summed E-state index contributed by atoms with van der Waals surface area (Å²) >= 11 is 3.28. The van der Waals surface area contributed by atoms with Crippen LogP contribution in [0, 0.1) is 6.92 Å². The third kappa shape index (κ3) is 2.78. The highest BCUT2D eigenvalue weighted by molar-refractivity contribution is 9.10. The van der Waals surface area contributed by atoms with Gasteiger partial charge in [0, 0.05) is 6.54 Å². The maximum absolute atomic E-state index is 12.1. The second-order valence-corrected chi connectivity index (χ2v) is 5.17. The number of halogens is 1. The molecule has 0 atom stereocenters. The van der Waals surface area contributed by atoms with E-state index in [1.54, 1.807) is 17.8 Å². The van der Waals surface area contributed by atoms with E-state index in [9.17, 15) is 4.79 Å². The number of hydrogen-bond donors (Lipinski definition) is 0. The van der Waals surface area contributed by atoms with Crippen LogP contribution in [-0.2, 0) is 19.5 Å². The second kappa shape index (κ2) is 5.69. The van der Waals surface area contributed by atoms with E-state index in [-0.39, 0.29) is 5.56 Å². The molecule has 0 amide bonds. The van der Waals surface area contributed by atoms with E-state index < -0.39 is 0 Å². The molecule has 0 fully saturated rings. The summed E-state index contributed by atoms with van der Waals surface area (Å²) in [5, 5.41) is 4.48. The Hall–Kier alpha value is -1.43. The summed E-state index contributed by atoms with van der Waals surface area (Å²) in [5.41, 5.74) is 2.72. The van der Waals surface area contributed by atoms with Crippen LogP contribution in [-0.4, -0.2) is 19.3 Å². The lowest BCUT2D eigenvalue weighted by atomic mass is 10.3. The molecule has 5 nitrogen and oxygen atoms in total. The molecule has 102 valence electrons. The Morgan fingerprint density at radius 3 is 2.74 bits per heavy atom. The maximum atomic E-state index is 12.1. The van der Waals surface area contributed by atoms with Gasteiger partial charge in [0.25, 0.3) is 5.56 Å². The molecule has 0 aromatic carbocycles. The van der Waals surface area contributed by atoms with Gasteiger partial charge in [0.05, 0.1) is 30.0 Å². The highest BCUT2D eigenvalue weighted by atomic mass is 79.9. The SMILES string of the molecule is CCc1cc(Cn2cnc(C)c(Br)c2=O)n(CC)n1. The molecule has 2 aromatic heterocycles. The summed E-state index contributed by atoms with van der Waals surface area (Å²) in [5.74, 6) is 0. The monoisotopic (exact) mass is 324 g/mol. The number of hydrogen-bond acceptors (Lipinski definition) is 3. The van der Waals surface area contributed by atoms with Crippen molar-refractivity contribution >= 4 is 15.9 Å². The van der Waals surface area contributed by atoms with Gasteiger partial charge in [-0.3, -0.25) is 14.0 Å². The van der Waals surface area contributed by atoms with Gasteiger partial charge in [-0.2, -0.15) is 5.10 Å². The summed E-state index contributed by atoms with van der Waals surface area (Å²) in [6, 6.07) is 2.05. The lowest BCUT2D eigenvalue weighted by molar-refractivity contribution is 0.585. The number of nitrogens with zero attached hydrogens (tertiary/aromatic N) is 4. The summed E-state index contributed by atoms with van der Waals surface area (Å²) in [6.45, 7) is 7.21. The minimum absolute atomic E-state index is 0.0607. The Balaban J connectivity index is 2.39. The lowest BCUT2D eigenvalue weighted by Gasteiger charge is -2.08. The van der Waals surface area contributed by atoms with E-state index in [1.807, 2.05) is 17.7 Å². The standard InChI is InChI=1S/C13H17BrN4O/c1-4-10-6-11(18(5-2)16-10)7-17-8-15-9(3)12(14)13(17)19/h6,8H,4-5,7H2,1-3H3. The Morgan fingerprint density at radius 1 is 1.37 bits per heavy atom. The minimum Gasteiger partial charge on any atom is -0.292 e. The predicted molar refractivity (Wildman–Crippen MR) is 77.3 cm³/mol. The molecule has 0 N–H and O–H groups in total. The van der Waals surface area contributed by atoms with Gasteiger partial charge in [0.15, 0.2) is 0 Å². The third-order valence-corrected chi connectivity index (χ3v) is 3.98. The molecule has 6 heteroatoms. The fourth-order valence-electron chi connectivity index (χ4n) is 1.92. The number of rotatable bonds is 4. The van der Waals surface area contributed by atoms with E-state index in [0.29, 0.717) is 16.7 Å². The molecule has 0 unspecified atom stereocenters. The molecule has 2 rings (SSSR count). The fourth-order valence-corrected chi connectivity index (χ4v) is 2.25. The van der Waals surface area contributed by atoms with Crippen LogP contribution in [0.25, 0.3) is 0 Å². The first-order chi connectivity index (χ1) is 9.06. The van der Waals surface area contributed by atoms with Crippen LogP contribution in [0.3, 0.4) is 0 Å². The van der Waals surface area contributed by atoms with E-state index in [1.165, 1.54) is 0 Å². The molecule has 0 aliphatic carbocycles. The van der Waals surface area contributed by atoms with Gasteiger partial charge < -0.3 is 0 Å². The van der Waals surface area contributed by atoms with Crippen molar-refractivity contribution in [1.82, 2.24) is 19.3 Å². The van der Waals surface area contributed by atoms with Crippen LogP contribution in [0.4, 0.5) is 0 Å². The van der Waals surface area contributed by atoms with Crippen molar-refractivity contribution < 1.29 is 0 Å². The molecular weight excluding hydrogens is 308 g/mol. The zero-order valence-electron chi connectivity index (χ0n) is 11.4. The first-order valence-electron chi connectivity index (χ1n) is 6.34. The molecule has 0 saturated carbocycles. The molecule has 0 bridgehead atoms. The van der Waals surface area contributed by atoms with Crippen LogP contribution < -0.4 is 5.56 Å². The van der Waals surface area contributed by atoms with Crippen LogP contribution >= 0.6 is 15.9 Å².